The molecule has 0 saturated carbocycles. The number of hydrogen-bond donors (Lipinski definition) is 2. The fourth-order valence-corrected chi connectivity index (χ4v) is 1.57. The van der Waals surface area contributed by atoms with Gasteiger partial charge in [0.1, 0.15) is 0 Å². The molecule has 1 aromatic rings. The van der Waals surface area contributed by atoms with Crippen LogP contribution in [0.1, 0.15) is 45.7 Å². The minimum absolute atomic E-state index is 0.351. The minimum Gasteiger partial charge on any atom is -0.386 e. The summed E-state index contributed by atoms with van der Waals surface area (Å²) in [5.41, 5.74) is 7.11. The second-order valence-electron chi connectivity index (χ2n) is 5.58. The van der Waals surface area contributed by atoms with Gasteiger partial charge in [-0.2, -0.15) is 0 Å². The van der Waals surface area contributed by atoms with Crippen LogP contribution in [0.3, 0.4) is 0 Å². The fraction of sp³-hybridized carbons (Fsp3) is 0.571. The summed E-state index contributed by atoms with van der Waals surface area (Å²) in [6, 6.07) is 7.91. The van der Waals surface area contributed by atoms with Crippen molar-refractivity contribution in [1.29, 1.82) is 0 Å². The molecule has 0 fully saturated rings. The van der Waals surface area contributed by atoms with E-state index in [0.717, 1.165) is 11.1 Å². The molecule has 0 saturated heterocycles. The van der Waals surface area contributed by atoms with Crippen molar-refractivity contribution in [2.24, 2.45) is 11.7 Å². The Balaban J connectivity index is 3.18. The van der Waals surface area contributed by atoms with Crippen LogP contribution in [0.5, 0.6) is 0 Å². The number of benzene rings is 1. The van der Waals surface area contributed by atoms with Crippen molar-refractivity contribution in [1.82, 2.24) is 0 Å². The van der Waals surface area contributed by atoms with Crippen LogP contribution in [0.25, 0.3) is 0 Å². The molecule has 0 radical (unpaired) electrons. The molecule has 1 unspecified atom stereocenters. The summed E-state index contributed by atoms with van der Waals surface area (Å²) in [6.45, 7) is 9.82. The van der Waals surface area contributed by atoms with Crippen molar-refractivity contribution in [3.63, 3.8) is 0 Å². The molecule has 0 aliphatic heterocycles. The van der Waals surface area contributed by atoms with E-state index in [0.29, 0.717) is 5.92 Å². The lowest BCUT2D eigenvalue weighted by atomic mass is 9.81. The fourth-order valence-electron chi connectivity index (χ4n) is 1.57. The molecule has 1 aromatic carbocycles. The highest BCUT2D eigenvalue weighted by molar-refractivity contribution is 5.32. The molecule has 0 aliphatic carbocycles. The summed E-state index contributed by atoms with van der Waals surface area (Å²) in [7, 11) is 0. The van der Waals surface area contributed by atoms with Gasteiger partial charge in [0, 0.05) is 5.54 Å². The van der Waals surface area contributed by atoms with E-state index in [1.165, 1.54) is 0 Å². The van der Waals surface area contributed by atoms with Gasteiger partial charge in [-0.25, -0.2) is 0 Å². The van der Waals surface area contributed by atoms with Gasteiger partial charge >= 0.3 is 0 Å². The second-order valence-corrected chi connectivity index (χ2v) is 5.58. The largest absolute Gasteiger partial charge is 0.386 e. The maximum atomic E-state index is 9.98. The summed E-state index contributed by atoms with van der Waals surface area (Å²) in [6.07, 6.45) is 0. The Morgan fingerprint density at radius 2 is 1.62 bits per heavy atom. The van der Waals surface area contributed by atoms with Crippen LogP contribution in [0.4, 0.5) is 0 Å². The van der Waals surface area contributed by atoms with Gasteiger partial charge in [0.25, 0.3) is 0 Å². The molecular formula is C14H23NO. The van der Waals surface area contributed by atoms with Crippen molar-refractivity contribution >= 4 is 0 Å². The molecule has 1 rings (SSSR count). The average Bonchev–Trinajstić information content (AvgIpc) is 2.16. The van der Waals surface area contributed by atoms with Gasteiger partial charge in [-0.3, -0.25) is 0 Å². The molecule has 16 heavy (non-hydrogen) atoms. The van der Waals surface area contributed by atoms with Crippen molar-refractivity contribution < 1.29 is 5.11 Å². The molecule has 0 amide bonds. The number of nitrogens with two attached hydrogens (primary N) is 1. The Kier molecular flexibility index (Phi) is 3.46. The Morgan fingerprint density at radius 3 is 2.06 bits per heavy atom. The molecule has 0 aromatic heterocycles. The molecular weight excluding hydrogens is 198 g/mol. The topological polar surface area (TPSA) is 46.2 Å². The SMILES string of the molecule is CC(C)C(C)(N)c1cccc(C(C)(C)O)c1. The van der Waals surface area contributed by atoms with E-state index < -0.39 is 5.60 Å². The Morgan fingerprint density at radius 1 is 1.12 bits per heavy atom. The number of aliphatic hydroxyl groups is 1. The van der Waals surface area contributed by atoms with Crippen molar-refractivity contribution in [2.45, 2.75) is 45.8 Å². The summed E-state index contributed by atoms with van der Waals surface area (Å²) in [5.74, 6) is 0.351. The molecule has 0 spiro atoms. The second kappa shape index (κ2) is 4.19. The predicted octanol–water partition coefficient (Wildman–Crippen LogP) is 2.74. The van der Waals surface area contributed by atoms with E-state index in [1.807, 2.05) is 31.2 Å². The normalized spacial score (nSPS) is 16.2. The Labute approximate surface area is 98.5 Å². The first kappa shape index (κ1) is 13.2. The van der Waals surface area contributed by atoms with Crippen LogP contribution in [0.2, 0.25) is 0 Å². The first-order valence-corrected chi connectivity index (χ1v) is 5.78. The van der Waals surface area contributed by atoms with E-state index in [-0.39, 0.29) is 5.54 Å². The van der Waals surface area contributed by atoms with E-state index in [2.05, 4.69) is 13.8 Å². The third kappa shape index (κ3) is 2.63. The highest BCUT2D eigenvalue weighted by atomic mass is 16.3. The molecule has 0 bridgehead atoms. The van der Waals surface area contributed by atoms with Crippen molar-refractivity contribution in [2.75, 3.05) is 0 Å². The first-order valence-electron chi connectivity index (χ1n) is 5.78. The average molecular weight is 221 g/mol. The van der Waals surface area contributed by atoms with Crippen molar-refractivity contribution in [3.8, 4) is 0 Å². The Bertz CT molecular complexity index is 361. The van der Waals surface area contributed by atoms with E-state index in [1.54, 1.807) is 13.8 Å². The van der Waals surface area contributed by atoms with Gasteiger partial charge in [0.05, 0.1) is 5.60 Å². The zero-order valence-electron chi connectivity index (χ0n) is 10.9. The monoisotopic (exact) mass is 221 g/mol. The molecule has 2 nitrogen and oxygen atoms in total. The predicted molar refractivity (Wildman–Crippen MR) is 68.1 cm³/mol. The number of hydrogen-bond acceptors (Lipinski definition) is 2. The molecule has 90 valence electrons. The molecule has 3 N–H and O–H groups in total. The molecule has 2 heteroatoms. The van der Waals surface area contributed by atoms with Gasteiger partial charge in [-0.15, -0.1) is 0 Å². The van der Waals surface area contributed by atoms with Gasteiger partial charge in [-0.1, -0.05) is 38.1 Å². The lowest BCUT2D eigenvalue weighted by Gasteiger charge is -2.31. The van der Waals surface area contributed by atoms with E-state index in [9.17, 15) is 5.11 Å². The summed E-state index contributed by atoms with van der Waals surface area (Å²) in [5, 5.41) is 9.98. The standard InChI is InChI=1S/C14H23NO/c1-10(2)14(5,15)12-8-6-7-11(9-12)13(3,4)16/h6-10,16H,15H2,1-5H3. The van der Waals surface area contributed by atoms with Gasteiger partial charge < -0.3 is 10.8 Å². The first-order chi connectivity index (χ1) is 7.15. The van der Waals surface area contributed by atoms with Crippen LogP contribution in [-0.4, -0.2) is 5.11 Å². The molecule has 0 heterocycles. The van der Waals surface area contributed by atoms with Crippen LogP contribution >= 0.6 is 0 Å². The summed E-state index contributed by atoms with van der Waals surface area (Å²) < 4.78 is 0. The highest BCUT2D eigenvalue weighted by Gasteiger charge is 2.26. The van der Waals surface area contributed by atoms with E-state index >= 15 is 0 Å². The maximum Gasteiger partial charge on any atom is 0.0840 e. The summed E-state index contributed by atoms with van der Waals surface area (Å²) in [4.78, 5) is 0. The third-order valence-corrected chi connectivity index (χ3v) is 3.39. The lowest BCUT2D eigenvalue weighted by Crippen LogP contribution is -2.38. The zero-order valence-corrected chi connectivity index (χ0v) is 10.9. The van der Waals surface area contributed by atoms with Gasteiger partial charge in [0.15, 0.2) is 0 Å². The Hall–Kier alpha value is -0.860. The quantitative estimate of drug-likeness (QED) is 0.824. The molecule has 1 atom stereocenters. The van der Waals surface area contributed by atoms with Crippen molar-refractivity contribution in [3.05, 3.63) is 35.4 Å². The maximum absolute atomic E-state index is 9.98. The van der Waals surface area contributed by atoms with E-state index in [4.69, 9.17) is 5.73 Å². The third-order valence-electron chi connectivity index (χ3n) is 3.39. The van der Waals surface area contributed by atoms with Gasteiger partial charge in [-0.05, 0) is 37.8 Å². The van der Waals surface area contributed by atoms with Crippen LogP contribution in [0.15, 0.2) is 24.3 Å². The number of rotatable bonds is 3. The smallest absolute Gasteiger partial charge is 0.0840 e. The lowest BCUT2D eigenvalue weighted by molar-refractivity contribution is 0.0783. The van der Waals surface area contributed by atoms with Crippen LogP contribution in [0, 0.1) is 5.92 Å². The highest BCUT2D eigenvalue weighted by Crippen LogP contribution is 2.29. The van der Waals surface area contributed by atoms with Crippen LogP contribution in [-0.2, 0) is 11.1 Å². The molecule has 0 aliphatic rings. The zero-order chi connectivity index (χ0) is 12.6. The summed E-state index contributed by atoms with van der Waals surface area (Å²) >= 11 is 0. The van der Waals surface area contributed by atoms with Gasteiger partial charge in [0.2, 0.25) is 0 Å². The minimum atomic E-state index is -0.816. The van der Waals surface area contributed by atoms with Crippen LogP contribution < -0.4 is 5.73 Å².